The first-order chi connectivity index (χ1) is 9.61. The maximum atomic E-state index is 10.1. The minimum absolute atomic E-state index is 0.416. The SMILES string of the molecule is CCNC(=NCC(C)C)NCC(O)Cc1ccccc1. The summed E-state index contributed by atoms with van der Waals surface area (Å²) >= 11 is 0. The fraction of sp³-hybridized carbons (Fsp3) is 0.562. The molecular weight excluding hydrogens is 250 g/mol. The molecule has 1 atom stereocenters. The molecule has 0 fully saturated rings. The molecule has 0 spiro atoms. The van der Waals surface area contributed by atoms with E-state index in [1.807, 2.05) is 37.3 Å². The summed E-state index contributed by atoms with van der Waals surface area (Å²) in [5.41, 5.74) is 1.14. The van der Waals surface area contributed by atoms with Gasteiger partial charge >= 0.3 is 0 Å². The molecule has 0 aliphatic rings. The molecule has 1 rings (SSSR count). The molecule has 0 saturated carbocycles. The van der Waals surface area contributed by atoms with Crippen molar-refractivity contribution in [3.63, 3.8) is 0 Å². The largest absolute Gasteiger partial charge is 0.391 e. The molecule has 0 heterocycles. The second kappa shape index (κ2) is 9.37. The van der Waals surface area contributed by atoms with Gasteiger partial charge in [0.2, 0.25) is 0 Å². The Bertz CT molecular complexity index is 390. The highest BCUT2D eigenvalue weighted by Gasteiger charge is 2.06. The van der Waals surface area contributed by atoms with Crippen molar-refractivity contribution in [2.45, 2.75) is 33.3 Å². The van der Waals surface area contributed by atoms with E-state index < -0.39 is 6.10 Å². The number of hydrogen-bond acceptors (Lipinski definition) is 2. The van der Waals surface area contributed by atoms with Gasteiger partial charge in [0.15, 0.2) is 5.96 Å². The second-order valence-corrected chi connectivity index (χ2v) is 5.34. The number of aliphatic hydroxyl groups is 1. The van der Waals surface area contributed by atoms with E-state index in [2.05, 4.69) is 29.5 Å². The van der Waals surface area contributed by atoms with Crippen LogP contribution in [-0.4, -0.2) is 36.8 Å². The molecule has 0 bridgehead atoms. The van der Waals surface area contributed by atoms with E-state index in [9.17, 15) is 5.11 Å². The van der Waals surface area contributed by atoms with Crippen LogP contribution in [0, 0.1) is 5.92 Å². The van der Waals surface area contributed by atoms with E-state index in [0.717, 1.165) is 24.6 Å². The molecule has 0 aliphatic carbocycles. The third kappa shape index (κ3) is 7.14. The molecule has 3 N–H and O–H groups in total. The third-order valence-corrected chi connectivity index (χ3v) is 2.78. The van der Waals surface area contributed by atoms with Gasteiger partial charge in [-0.25, -0.2) is 0 Å². The summed E-state index contributed by atoms with van der Waals surface area (Å²) in [6.45, 7) is 8.41. The van der Waals surface area contributed by atoms with Crippen LogP contribution in [-0.2, 0) is 6.42 Å². The van der Waals surface area contributed by atoms with Crippen LogP contribution in [0.25, 0.3) is 0 Å². The summed E-state index contributed by atoms with van der Waals surface area (Å²) in [5.74, 6) is 1.30. The zero-order valence-electron chi connectivity index (χ0n) is 12.8. The van der Waals surface area contributed by atoms with Gasteiger partial charge < -0.3 is 15.7 Å². The van der Waals surface area contributed by atoms with Crippen LogP contribution in [0.1, 0.15) is 26.3 Å². The summed E-state index contributed by atoms with van der Waals surface area (Å²) in [7, 11) is 0. The van der Waals surface area contributed by atoms with Crippen LogP contribution in [0.5, 0.6) is 0 Å². The van der Waals surface area contributed by atoms with Crippen molar-refractivity contribution in [3.05, 3.63) is 35.9 Å². The van der Waals surface area contributed by atoms with E-state index in [4.69, 9.17) is 0 Å². The van der Waals surface area contributed by atoms with Gasteiger partial charge in [-0.2, -0.15) is 0 Å². The topological polar surface area (TPSA) is 56.7 Å². The number of aliphatic imine (C=N–C) groups is 1. The first-order valence-corrected chi connectivity index (χ1v) is 7.36. The fourth-order valence-corrected chi connectivity index (χ4v) is 1.79. The number of rotatable bonds is 7. The van der Waals surface area contributed by atoms with Gasteiger partial charge in [-0.1, -0.05) is 44.2 Å². The first kappa shape index (κ1) is 16.5. The molecule has 4 nitrogen and oxygen atoms in total. The fourth-order valence-electron chi connectivity index (χ4n) is 1.79. The number of nitrogens with one attached hydrogen (secondary N) is 2. The highest BCUT2D eigenvalue weighted by Crippen LogP contribution is 2.02. The van der Waals surface area contributed by atoms with Gasteiger partial charge in [-0.05, 0) is 18.4 Å². The average molecular weight is 277 g/mol. The lowest BCUT2D eigenvalue weighted by Gasteiger charge is -2.15. The summed E-state index contributed by atoms with van der Waals surface area (Å²) < 4.78 is 0. The third-order valence-electron chi connectivity index (χ3n) is 2.78. The van der Waals surface area contributed by atoms with Crippen molar-refractivity contribution >= 4 is 5.96 Å². The smallest absolute Gasteiger partial charge is 0.191 e. The molecule has 0 saturated heterocycles. The van der Waals surface area contributed by atoms with Crippen LogP contribution < -0.4 is 10.6 Å². The van der Waals surface area contributed by atoms with E-state index in [1.165, 1.54) is 0 Å². The van der Waals surface area contributed by atoms with Crippen molar-refractivity contribution in [1.82, 2.24) is 10.6 Å². The van der Waals surface area contributed by atoms with Crippen LogP contribution in [0.3, 0.4) is 0 Å². The van der Waals surface area contributed by atoms with Gasteiger partial charge in [0.25, 0.3) is 0 Å². The Hall–Kier alpha value is -1.55. The lowest BCUT2D eigenvalue weighted by atomic mass is 10.1. The lowest BCUT2D eigenvalue weighted by molar-refractivity contribution is 0.177. The molecule has 0 amide bonds. The molecule has 20 heavy (non-hydrogen) atoms. The number of benzene rings is 1. The molecule has 112 valence electrons. The van der Waals surface area contributed by atoms with E-state index >= 15 is 0 Å². The minimum Gasteiger partial charge on any atom is -0.391 e. The number of nitrogens with zero attached hydrogens (tertiary/aromatic N) is 1. The molecule has 1 aromatic carbocycles. The van der Waals surface area contributed by atoms with Gasteiger partial charge in [-0.3, -0.25) is 4.99 Å². The van der Waals surface area contributed by atoms with E-state index in [0.29, 0.717) is 18.9 Å². The molecule has 4 heteroatoms. The van der Waals surface area contributed by atoms with Crippen molar-refractivity contribution < 1.29 is 5.11 Å². The lowest BCUT2D eigenvalue weighted by Crippen LogP contribution is -2.41. The summed E-state index contributed by atoms with van der Waals surface area (Å²) in [6.07, 6.45) is 0.234. The quantitative estimate of drug-likeness (QED) is 0.526. The monoisotopic (exact) mass is 277 g/mol. The zero-order valence-corrected chi connectivity index (χ0v) is 12.8. The maximum absolute atomic E-state index is 10.1. The van der Waals surface area contributed by atoms with Crippen LogP contribution in [0.4, 0.5) is 0 Å². The summed E-state index contributed by atoms with van der Waals surface area (Å²) in [6, 6.07) is 10.0. The molecule has 0 radical (unpaired) electrons. The van der Waals surface area contributed by atoms with E-state index in [-0.39, 0.29) is 0 Å². The molecule has 1 aromatic rings. The predicted octanol–water partition coefficient (Wildman–Crippen LogP) is 1.80. The number of aliphatic hydroxyl groups excluding tert-OH is 1. The van der Waals surface area contributed by atoms with Gasteiger partial charge in [0.05, 0.1) is 6.10 Å². The van der Waals surface area contributed by atoms with Gasteiger partial charge in [0.1, 0.15) is 0 Å². The molecule has 1 unspecified atom stereocenters. The van der Waals surface area contributed by atoms with Crippen molar-refractivity contribution in [3.8, 4) is 0 Å². The summed E-state index contributed by atoms with van der Waals surface area (Å²) in [4.78, 5) is 4.48. The van der Waals surface area contributed by atoms with Crippen LogP contribution >= 0.6 is 0 Å². The van der Waals surface area contributed by atoms with Crippen LogP contribution in [0.15, 0.2) is 35.3 Å². The first-order valence-electron chi connectivity index (χ1n) is 7.36. The average Bonchev–Trinajstić information content (AvgIpc) is 2.43. The molecule has 0 aliphatic heterocycles. The number of hydrogen-bond donors (Lipinski definition) is 3. The number of guanidine groups is 1. The summed E-state index contributed by atoms with van der Waals surface area (Å²) in [5, 5.41) is 16.4. The Labute approximate surface area is 122 Å². The Balaban J connectivity index is 2.40. The highest BCUT2D eigenvalue weighted by molar-refractivity contribution is 5.79. The zero-order chi connectivity index (χ0) is 14.8. The minimum atomic E-state index is -0.416. The Morgan fingerprint density at radius 2 is 1.90 bits per heavy atom. The van der Waals surface area contributed by atoms with Gasteiger partial charge in [-0.15, -0.1) is 0 Å². The highest BCUT2D eigenvalue weighted by atomic mass is 16.3. The standard InChI is InChI=1S/C16H27N3O/c1-4-17-16(18-11-13(2)3)19-12-15(20)10-14-8-6-5-7-9-14/h5-9,13,15,20H,4,10-12H2,1-3H3,(H2,17,18,19). The van der Waals surface area contributed by atoms with Crippen molar-refractivity contribution in [2.24, 2.45) is 10.9 Å². The Morgan fingerprint density at radius 1 is 1.20 bits per heavy atom. The molecule has 0 aromatic heterocycles. The van der Waals surface area contributed by atoms with Crippen LogP contribution in [0.2, 0.25) is 0 Å². The van der Waals surface area contributed by atoms with Gasteiger partial charge in [0, 0.05) is 26.1 Å². The normalized spacial score (nSPS) is 13.3. The Kier molecular flexibility index (Phi) is 7.73. The molecular formula is C16H27N3O. The maximum Gasteiger partial charge on any atom is 0.191 e. The van der Waals surface area contributed by atoms with Crippen molar-refractivity contribution in [2.75, 3.05) is 19.6 Å². The van der Waals surface area contributed by atoms with E-state index in [1.54, 1.807) is 0 Å². The predicted molar refractivity (Wildman–Crippen MR) is 85.0 cm³/mol. The van der Waals surface area contributed by atoms with Crippen molar-refractivity contribution in [1.29, 1.82) is 0 Å². The second-order valence-electron chi connectivity index (χ2n) is 5.34. The Morgan fingerprint density at radius 3 is 2.50 bits per heavy atom.